The molecule has 2 aromatic rings. The lowest BCUT2D eigenvalue weighted by atomic mass is 10.1. The van der Waals surface area contributed by atoms with Crippen LogP contribution in [0.15, 0.2) is 57.3 Å². The first-order valence-electron chi connectivity index (χ1n) is 8.72. The van der Waals surface area contributed by atoms with E-state index in [1.54, 1.807) is 42.5 Å². The second kappa shape index (κ2) is 7.57. The van der Waals surface area contributed by atoms with E-state index in [0.29, 0.717) is 16.4 Å². The third-order valence-electron chi connectivity index (χ3n) is 4.72. The lowest BCUT2D eigenvalue weighted by molar-refractivity contribution is -0.123. The van der Waals surface area contributed by atoms with E-state index in [2.05, 4.69) is 31.6 Å². The van der Waals surface area contributed by atoms with Crippen LogP contribution in [-0.2, 0) is 14.4 Å². The smallest absolute Gasteiger partial charge is 0.263 e. The standard InChI is InChI=1S/C19H15BrClN5O3/c1-10-2-5-12(21)8-14(10)22-15(27)9-25-17-16(23-24-25)18(28)26(19(17)29)13-6-3-11(20)4-7-13/h2-8,16-17H,9H2,1H3,(H,22,27)/t16-,17+/m0/s1. The Kier molecular flexibility index (Phi) is 5.10. The van der Waals surface area contributed by atoms with Gasteiger partial charge in [-0.2, -0.15) is 5.11 Å². The Bertz CT molecular complexity index is 1040. The first-order chi connectivity index (χ1) is 13.8. The number of benzene rings is 2. The van der Waals surface area contributed by atoms with E-state index in [9.17, 15) is 14.4 Å². The maximum atomic E-state index is 12.9. The molecular formula is C19H15BrClN5O3. The van der Waals surface area contributed by atoms with Crippen LogP contribution in [0.3, 0.4) is 0 Å². The quantitative estimate of drug-likeness (QED) is 0.685. The fraction of sp³-hybridized carbons (Fsp3) is 0.211. The van der Waals surface area contributed by atoms with Crippen molar-refractivity contribution in [3.8, 4) is 0 Å². The van der Waals surface area contributed by atoms with Gasteiger partial charge in [0.1, 0.15) is 6.54 Å². The van der Waals surface area contributed by atoms with E-state index in [4.69, 9.17) is 11.6 Å². The lowest BCUT2D eigenvalue weighted by Gasteiger charge is -2.20. The van der Waals surface area contributed by atoms with Crippen LogP contribution in [0.2, 0.25) is 5.02 Å². The maximum Gasteiger partial charge on any atom is 0.263 e. The molecule has 29 heavy (non-hydrogen) atoms. The van der Waals surface area contributed by atoms with Crippen LogP contribution in [0.4, 0.5) is 11.4 Å². The number of fused-ring (bicyclic) bond motifs is 1. The minimum Gasteiger partial charge on any atom is -0.324 e. The first kappa shape index (κ1) is 19.5. The highest BCUT2D eigenvalue weighted by Crippen LogP contribution is 2.32. The number of aryl methyl sites for hydroxylation is 1. The Balaban J connectivity index is 1.49. The van der Waals surface area contributed by atoms with Crippen molar-refractivity contribution in [3.05, 3.63) is 57.5 Å². The summed E-state index contributed by atoms with van der Waals surface area (Å²) in [4.78, 5) is 39.2. The van der Waals surface area contributed by atoms with Crippen LogP contribution in [0.5, 0.6) is 0 Å². The summed E-state index contributed by atoms with van der Waals surface area (Å²) in [6.07, 6.45) is 0. The SMILES string of the molecule is Cc1ccc(Cl)cc1NC(=O)CN1N=N[C@@H]2C(=O)N(c3ccc(Br)cc3)C(=O)[C@@H]21. The third-order valence-corrected chi connectivity index (χ3v) is 5.49. The number of amides is 3. The van der Waals surface area contributed by atoms with Crippen LogP contribution in [0.1, 0.15) is 5.56 Å². The summed E-state index contributed by atoms with van der Waals surface area (Å²) < 4.78 is 0.829. The molecule has 0 aliphatic carbocycles. The van der Waals surface area contributed by atoms with Gasteiger partial charge >= 0.3 is 0 Å². The van der Waals surface area contributed by atoms with Crippen LogP contribution in [0, 0.1) is 6.92 Å². The van der Waals surface area contributed by atoms with Gasteiger partial charge in [-0.05, 0) is 48.9 Å². The Morgan fingerprint density at radius 1 is 1.17 bits per heavy atom. The number of hydrogen-bond acceptors (Lipinski definition) is 6. The monoisotopic (exact) mass is 475 g/mol. The summed E-state index contributed by atoms with van der Waals surface area (Å²) in [5.41, 5.74) is 1.87. The van der Waals surface area contributed by atoms with Crippen molar-refractivity contribution in [3.63, 3.8) is 0 Å². The molecule has 1 fully saturated rings. The number of imide groups is 1. The Morgan fingerprint density at radius 3 is 2.62 bits per heavy atom. The molecule has 148 valence electrons. The highest BCUT2D eigenvalue weighted by Gasteiger charge is 2.55. The van der Waals surface area contributed by atoms with Crippen molar-refractivity contribution in [2.24, 2.45) is 10.3 Å². The van der Waals surface area contributed by atoms with Crippen LogP contribution >= 0.6 is 27.5 Å². The molecule has 2 aliphatic heterocycles. The summed E-state index contributed by atoms with van der Waals surface area (Å²) in [7, 11) is 0. The topological polar surface area (TPSA) is 94.4 Å². The van der Waals surface area contributed by atoms with E-state index in [-0.39, 0.29) is 6.54 Å². The average molecular weight is 477 g/mol. The molecule has 2 aromatic carbocycles. The van der Waals surface area contributed by atoms with E-state index in [1.807, 2.05) is 6.92 Å². The minimum atomic E-state index is -0.952. The van der Waals surface area contributed by atoms with E-state index in [0.717, 1.165) is 14.9 Å². The summed E-state index contributed by atoms with van der Waals surface area (Å²) >= 11 is 9.30. The Hall–Kier alpha value is -2.78. The van der Waals surface area contributed by atoms with Gasteiger partial charge in [-0.3, -0.25) is 19.4 Å². The maximum absolute atomic E-state index is 12.9. The minimum absolute atomic E-state index is 0.218. The van der Waals surface area contributed by atoms with Crippen molar-refractivity contribution < 1.29 is 14.4 Å². The normalized spacial score (nSPS) is 20.4. The Labute approximate surface area is 179 Å². The zero-order valence-electron chi connectivity index (χ0n) is 15.2. The number of carbonyl (C=O) groups excluding carboxylic acids is 3. The first-order valence-corrected chi connectivity index (χ1v) is 9.89. The number of nitrogens with one attached hydrogen (secondary N) is 1. The average Bonchev–Trinajstić information content (AvgIpc) is 3.19. The molecule has 8 nitrogen and oxygen atoms in total. The zero-order valence-corrected chi connectivity index (χ0v) is 17.5. The molecular weight excluding hydrogens is 462 g/mol. The number of nitrogens with zero attached hydrogens (tertiary/aromatic N) is 4. The summed E-state index contributed by atoms with van der Waals surface area (Å²) in [6.45, 7) is 1.62. The molecule has 0 bridgehead atoms. The van der Waals surface area contributed by atoms with Crippen molar-refractivity contribution in [2.75, 3.05) is 16.8 Å². The molecule has 0 aromatic heterocycles. The van der Waals surface area contributed by atoms with Crippen molar-refractivity contribution in [2.45, 2.75) is 19.0 Å². The van der Waals surface area contributed by atoms with Crippen molar-refractivity contribution in [1.82, 2.24) is 5.01 Å². The molecule has 0 unspecified atom stereocenters. The van der Waals surface area contributed by atoms with Gasteiger partial charge in [0.2, 0.25) is 5.91 Å². The molecule has 4 rings (SSSR count). The number of rotatable bonds is 4. The van der Waals surface area contributed by atoms with Gasteiger partial charge < -0.3 is 5.32 Å². The lowest BCUT2D eigenvalue weighted by Crippen LogP contribution is -2.43. The predicted molar refractivity (Wildman–Crippen MR) is 111 cm³/mol. The molecule has 0 saturated carbocycles. The second-order valence-electron chi connectivity index (χ2n) is 6.69. The van der Waals surface area contributed by atoms with E-state index in [1.165, 1.54) is 5.01 Å². The molecule has 1 saturated heterocycles. The molecule has 1 N–H and O–H groups in total. The number of hydrogen-bond donors (Lipinski definition) is 1. The number of carbonyl (C=O) groups is 3. The fourth-order valence-corrected chi connectivity index (χ4v) is 3.70. The van der Waals surface area contributed by atoms with Gasteiger partial charge in [-0.15, -0.1) is 0 Å². The second-order valence-corrected chi connectivity index (χ2v) is 8.04. The fourth-order valence-electron chi connectivity index (χ4n) is 3.26. The largest absolute Gasteiger partial charge is 0.324 e. The summed E-state index contributed by atoms with van der Waals surface area (Å²) in [6, 6.07) is 10.1. The van der Waals surface area contributed by atoms with Gasteiger partial charge in [-0.25, -0.2) is 4.90 Å². The Morgan fingerprint density at radius 2 is 1.90 bits per heavy atom. The summed E-state index contributed by atoms with van der Waals surface area (Å²) in [5.74, 6) is -1.31. The summed E-state index contributed by atoms with van der Waals surface area (Å²) in [5, 5.41) is 12.3. The zero-order chi connectivity index (χ0) is 20.7. The van der Waals surface area contributed by atoms with Crippen LogP contribution in [-0.4, -0.2) is 41.4 Å². The van der Waals surface area contributed by atoms with Crippen LogP contribution < -0.4 is 10.2 Å². The predicted octanol–water partition coefficient (Wildman–Crippen LogP) is 3.34. The van der Waals surface area contributed by atoms with E-state index >= 15 is 0 Å². The van der Waals surface area contributed by atoms with Crippen molar-refractivity contribution in [1.29, 1.82) is 0 Å². The molecule has 0 spiro atoms. The van der Waals surface area contributed by atoms with Gasteiger partial charge in [-0.1, -0.05) is 38.8 Å². The van der Waals surface area contributed by atoms with Crippen LogP contribution in [0.25, 0.3) is 0 Å². The van der Waals surface area contributed by atoms with Gasteiger partial charge in [0, 0.05) is 15.2 Å². The van der Waals surface area contributed by atoms with Gasteiger partial charge in [0.15, 0.2) is 12.1 Å². The molecule has 10 heteroatoms. The van der Waals surface area contributed by atoms with Gasteiger partial charge in [0.25, 0.3) is 11.8 Å². The molecule has 2 atom stereocenters. The highest BCUT2D eigenvalue weighted by molar-refractivity contribution is 9.10. The highest BCUT2D eigenvalue weighted by atomic mass is 79.9. The van der Waals surface area contributed by atoms with Crippen molar-refractivity contribution >= 4 is 56.6 Å². The molecule has 2 heterocycles. The molecule has 0 radical (unpaired) electrons. The third kappa shape index (κ3) is 3.63. The number of anilines is 2. The molecule has 2 aliphatic rings. The van der Waals surface area contributed by atoms with E-state index < -0.39 is 29.8 Å². The number of halogens is 2. The molecule has 3 amide bonds. The van der Waals surface area contributed by atoms with Gasteiger partial charge in [0.05, 0.1) is 5.69 Å².